The number of hydrogen-bond donors (Lipinski definition) is 2. The third-order valence-corrected chi connectivity index (χ3v) is 2.67. The Hall–Kier alpha value is -1.50. The van der Waals surface area contributed by atoms with Crippen LogP contribution in [0, 0.1) is 5.82 Å². The summed E-state index contributed by atoms with van der Waals surface area (Å²) in [5.41, 5.74) is 5.88. The van der Waals surface area contributed by atoms with Crippen LogP contribution in [-0.4, -0.2) is 21.9 Å². The Labute approximate surface area is 107 Å². The van der Waals surface area contributed by atoms with Crippen LogP contribution >= 0.6 is 11.6 Å². The maximum atomic E-state index is 13.6. The topological polar surface area (TPSA) is 85.2 Å². The SMILES string of the molecule is N[C@H](CO)c1nc(Cc2cccc(Cl)c2F)no1. The smallest absolute Gasteiger partial charge is 0.245 e. The van der Waals surface area contributed by atoms with Gasteiger partial charge in [-0.3, -0.25) is 0 Å². The molecule has 0 spiro atoms. The van der Waals surface area contributed by atoms with E-state index in [2.05, 4.69) is 10.1 Å². The molecule has 18 heavy (non-hydrogen) atoms. The molecule has 0 unspecified atom stereocenters. The van der Waals surface area contributed by atoms with Crippen LogP contribution in [0.25, 0.3) is 0 Å². The Kier molecular flexibility index (Phi) is 3.90. The first kappa shape index (κ1) is 12.9. The molecule has 0 aliphatic carbocycles. The molecular formula is C11H11ClFN3O2. The van der Waals surface area contributed by atoms with Crippen molar-refractivity contribution in [3.63, 3.8) is 0 Å². The van der Waals surface area contributed by atoms with E-state index in [1.807, 2.05) is 0 Å². The lowest BCUT2D eigenvalue weighted by Gasteiger charge is -2.01. The van der Waals surface area contributed by atoms with Crippen molar-refractivity contribution >= 4 is 11.6 Å². The number of aromatic nitrogens is 2. The standard InChI is InChI=1S/C11H11ClFN3O2/c12-7-3-1-2-6(10(7)13)4-9-15-11(18-16-9)8(14)5-17/h1-3,8,17H,4-5,14H2/t8-/m1/s1. The van der Waals surface area contributed by atoms with Gasteiger partial charge in [-0.15, -0.1) is 0 Å². The predicted octanol–water partition coefficient (Wildman–Crippen LogP) is 1.44. The highest BCUT2D eigenvalue weighted by atomic mass is 35.5. The number of rotatable bonds is 4. The summed E-state index contributed by atoms with van der Waals surface area (Å²) in [5, 5.41) is 12.5. The first-order valence-corrected chi connectivity index (χ1v) is 5.61. The van der Waals surface area contributed by atoms with Gasteiger partial charge < -0.3 is 15.4 Å². The first-order valence-electron chi connectivity index (χ1n) is 5.23. The summed E-state index contributed by atoms with van der Waals surface area (Å²) >= 11 is 5.67. The number of nitrogens with zero attached hydrogens (tertiary/aromatic N) is 2. The average molecular weight is 272 g/mol. The highest BCUT2D eigenvalue weighted by Crippen LogP contribution is 2.20. The second-order valence-electron chi connectivity index (χ2n) is 3.73. The molecule has 0 fully saturated rings. The van der Waals surface area contributed by atoms with Crippen LogP contribution in [-0.2, 0) is 6.42 Å². The van der Waals surface area contributed by atoms with E-state index in [0.717, 1.165) is 0 Å². The van der Waals surface area contributed by atoms with Crippen LogP contribution in [0.2, 0.25) is 5.02 Å². The summed E-state index contributed by atoms with van der Waals surface area (Å²) in [6, 6.07) is 3.96. The number of nitrogens with two attached hydrogens (primary N) is 1. The van der Waals surface area contributed by atoms with Crippen LogP contribution in [0.4, 0.5) is 4.39 Å². The minimum Gasteiger partial charge on any atom is -0.394 e. The quantitative estimate of drug-likeness (QED) is 0.879. The van der Waals surface area contributed by atoms with Crippen molar-refractivity contribution in [3.8, 4) is 0 Å². The van der Waals surface area contributed by atoms with Gasteiger partial charge in [-0.1, -0.05) is 28.9 Å². The summed E-state index contributed by atoms with van der Waals surface area (Å²) in [7, 11) is 0. The van der Waals surface area contributed by atoms with Crippen molar-refractivity contribution in [2.45, 2.75) is 12.5 Å². The molecule has 96 valence electrons. The van der Waals surface area contributed by atoms with E-state index in [1.54, 1.807) is 12.1 Å². The van der Waals surface area contributed by atoms with Gasteiger partial charge in [-0.05, 0) is 11.6 Å². The molecular weight excluding hydrogens is 261 g/mol. The molecule has 3 N–H and O–H groups in total. The lowest BCUT2D eigenvalue weighted by molar-refractivity contribution is 0.236. The van der Waals surface area contributed by atoms with E-state index in [1.165, 1.54) is 6.07 Å². The Morgan fingerprint density at radius 3 is 3.00 bits per heavy atom. The lowest BCUT2D eigenvalue weighted by atomic mass is 10.1. The summed E-state index contributed by atoms with van der Waals surface area (Å²) in [6.07, 6.45) is 0.147. The van der Waals surface area contributed by atoms with Crippen molar-refractivity contribution in [2.24, 2.45) is 5.73 Å². The monoisotopic (exact) mass is 271 g/mol. The minimum atomic E-state index is -0.726. The summed E-state index contributed by atoms with van der Waals surface area (Å²) in [4.78, 5) is 3.97. The van der Waals surface area contributed by atoms with E-state index in [0.29, 0.717) is 5.56 Å². The summed E-state index contributed by atoms with van der Waals surface area (Å²) < 4.78 is 18.5. The van der Waals surface area contributed by atoms with Crippen molar-refractivity contribution in [1.29, 1.82) is 0 Å². The molecule has 2 aromatic rings. The minimum absolute atomic E-state index is 0.0447. The van der Waals surface area contributed by atoms with Crippen LogP contribution in [0.5, 0.6) is 0 Å². The van der Waals surface area contributed by atoms with Gasteiger partial charge in [-0.25, -0.2) is 4.39 Å². The molecule has 0 aliphatic heterocycles. The zero-order valence-corrected chi connectivity index (χ0v) is 10.1. The van der Waals surface area contributed by atoms with Gasteiger partial charge in [0.25, 0.3) is 0 Å². The van der Waals surface area contributed by atoms with E-state index in [4.69, 9.17) is 27.0 Å². The number of halogens is 2. The molecule has 1 aromatic carbocycles. The summed E-state index contributed by atoms with van der Waals surface area (Å²) in [5.74, 6) is -0.0954. The molecule has 1 heterocycles. The second kappa shape index (κ2) is 5.43. The zero-order valence-electron chi connectivity index (χ0n) is 9.31. The fraction of sp³-hybridized carbons (Fsp3) is 0.273. The molecule has 0 saturated carbocycles. The largest absolute Gasteiger partial charge is 0.394 e. The van der Waals surface area contributed by atoms with E-state index < -0.39 is 11.9 Å². The van der Waals surface area contributed by atoms with Gasteiger partial charge in [0.15, 0.2) is 5.82 Å². The Morgan fingerprint density at radius 1 is 1.50 bits per heavy atom. The Morgan fingerprint density at radius 2 is 2.28 bits per heavy atom. The van der Waals surface area contributed by atoms with Crippen molar-refractivity contribution in [2.75, 3.05) is 6.61 Å². The molecule has 5 nitrogen and oxygen atoms in total. The second-order valence-corrected chi connectivity index (χ2v) is 4.13. The van der Waals surface area contributed by atoms with E-state index >= 15 is 0 Å². The van der Waals surface area contributed by atoms with E-state index in [-0.39, 0.29) is 29.8 Å². The Balaban J connectivity index is 2.19. The van der Waals surface area contributed by atoms with Crippen LogP contribution in [0.15, 0.2) is 22.7 Å². The van der Waals surface area contributed by atoms with Gasteiger partial charge in [0.2, 0.25) is 5.89 Å². The molecule has 0 bridgehead atoms. The lowest BCUT2D eigenvalue weighted by Crippen LogP contribution is -2.14. The third-order valence-electron chi connectivity index (χ3n) is 2.38. The van der Waals surface area contributed by atoms with Gasteiger partial charge >= 0.3 is 0 Å². The fourth-order valence-electron chi connectivity index (χ4n) is 1.42. The van der Waals surface area contributed by atoms with E-state index in [9.17, 15) is 4.39 Å². The number of hydrogen-bond acceptors (Lipinski definition) is 5. The van der Waals surface area contributed by atoms with Gasteiger partial charge in [0, 0.05) is 6.42 Å². The maximum Gasteiger partial charge on any atom is 0.245 e. The first-order chi connectivity index (χ1) is 8.61. The predicted molar refractivity (Wildman–Crippen MR) is 62.5 cm³/mol. The molecule has 0 amide bonds. The molecule has 1 atom stereocenters. The van der Waals surface area contributed by atoms with Gasteiger partial charge in [-0.2, -0.15) is 4.98 Å². The van der Waals surface area contributed by atoms with Crippen molar-refractivity contribution in [3.05, 3.63) is 46.3 Å². The van der Waals surface area contributed by atoms with Crippen molar-refractivity contribution in [1.82, 2.24) is 10.1 Å². The number of benzene rings is 1. The molecule has 1 aromatic heterocycles. The zero-order chi connectivity index (χ0) is 13.1. The average Bonchev–Trinajstić information content (AvgIpc) is 2.82. The van der Waals surface area contributed by atoms with Crippen LogP contribution in [0.1, 0.15) is 23.3 Å². The Bertz CT molecular complexity index is 547. The molecule has 0 saturated heterocycles. The molecule has 0 aliphatic rings. The molecule has 2 rings (SSSR count). The van der Waals surface area contributed by atoms with Crippen LogP contribution in [0.3, 0.4) is 0 Å². The highest BCUT2D eigenvalue weighted by Gasteiger charge is 2.15. The van der Waals surface area contributed by atoms with Gasteiger partial charge in [0.05, 0.1) is 11.6 Å². The summed E-state index contributed by atoms with van der Waals surface area (Å²) in [6.45, 7) is -0.298. The van der Waals surface area contributed by atoms with Crippen LogP contribution < -0.4 is 5.73 Å². The van der Waals surface area contributed by atoms with Crippen molar-refractivity contribution < 1.29 is 14.0 Å². The number of aliphatic hydroxyl groups is 1. The highest BCUT2D eigenvalue weighted by molar-refractivity contribution is 6.30. The third kappa shape index (κ3) is 2.66. The van der Waals surface area contributed by atoms with Gasteiger partial charge in [0.1, 0.15) is 11.9 Å². The normalized spacial score (nSPS) is 12.7. The number of aliphatic hydroxyl groups excluding tert-OH is 1. The molecule has 7 heteroatoms. The maximum absolute atomic E-state index is 13.6. The molecule has 0 radical (unpaired) electrons. The fourth-order valence-corrected chi connectivity index (χ4v) is 1.62.